The lowest BCUT2D eigenvalue weighted by Gasteiger charge is -2.10. The fourth-order valence-corrected chi connectivity index (χ4v) is 3.30. The summed E-state index contributed by atoms with van der Waals surface area (Å²) < 4.78 is 1.84. The van der Waals surface area contributed by atoms with E-state index in [4.69, 9.17) is 5.21 Å². The van der Waals surface area contributed by atoms with Crippen LogP contribution in [0.1, 0.15) is 30.8 Å². The summed E-state index contributed by atoms with van der Waals surface area (Å²) in [6.45, 7) is 9.79. The molecule has 1 N–H and O–H groups in total. The van der Waals surface area contributed by atoms with Gasteiger partial charge in [-0.1, -0.05) is 29.4 Å². The van der Waals surface area contributed by atoms with Gasteiger partial charge in [0.1, 0.15) is 5.71 Å². The van der Waals surface area contributed by atoms with Gasteiger partial charge in [-0.05, 0) is 62.7 Å². The molecule has 0 saturated heterocycles. The molecule has 29 heavy (non-hydrogen) atoms. The lowest BCUT2D eigenvalue weighted by Crippen LogP contribution is -2.01. The Morgan fingerprint density at radius 3 is 2.59 bits per heavy atom. The fourth-order valence-electron chi connectivity index (χ4n) is 3.30. The van der Waals surface area contributed by atoms with Crippen LogP contribution in [0.2, 0.25) is 0 Å². The van der Waals surface area contributed by atoms with E-state index in [0.717, 1.165) is 44.8 Å². The summed E-state index contributed by atoms with van der Waals surface area (Å²) in [5.41, 5.74) is 6.60. The first-order chi connectivity index (χ1) is 14.0. The Morgan fingerprint density at radius 2 is 1.86 bits per heavy atom. The van der Waals surface area contributed by atoms with Crippen molar-refractivity contribution in [1.82, 2.24) is 19.7 Å². The maximum atomic E-state index is 9.08. The van der Waals surface area contributed by atoms with Gasteiger partial charge in [-0.25, -0.2) is 14.6 Å². The highest BCUT2D eigenvalue weighted by molar-refractivity contribution is 5.98. The van der Waals surface area contributed by atoms with E-state index in [-0.39, 0.29) is 0 Å². The van der Waals surface area contributed by atoms with Crippen LogP contribution in [0.4, 0.5) is 0 Å². The number of hydrogen-bond donors (Lipinski definition) is 1. The number of rotatable bonds is 4. The fraction of sp³-hybridized carbons (Fsp3) is 0.130. The molecule has 0 aliphatic rings. The zero-order valence-corrected chi connectivity index (χ0v) is 16.6. The van der Waals surface area contributed by atoms with Gasteiger partial charge in [0, 0.05) is 16.6 Å². The summed E-state index contributed by atoms with van der Waals surface area (Å²) >= 11 is 0. The molecule has 6 heteroatoms. The number of allylic oxidation sites excluding steroid dienone is 1. The van der Waals surface area contributed by atoms with E-state index in [0.29, 0.717) is 11.4 Å². The molecular weight excluding hydrogens is 362 g/mol. The maximum Gasteiger partial charge on any atom is 0.154 e. The molecule has 0 saturated carbocycles. The van der Waals surface area contributed by atoms with Crippen LogP contribution in [-0.4, -0.2) is 30.7 Å². The molecule has 4 rings (SSSR count). The molecule has 0 aliphatic heterocycles. The van der Waals surface area contributed by atoms with Crippen LogP contribution in [0, 0.1) is 6.92 Å². The van der Waals surface area contributed by atoms with Crippen LogP contribution in [0.25, 0.3) is 33.6 Å². The molecule has 0 unspecified atom stereocenters. The van der Waals surface area contributed by atoms with Crippen molar-refractivity contribution in [2.45, 2.75) is 20.8 Å². The minimum Gasteiger partial charge on any atom is -0.411 e. The standard InChI is InChI=1S/C23H21N5O/c1-14(2)18-11-17(21-9-6-8-20(26-21)16(4)27-29)12-22-19(18)13-24-28(22)23-10-5-7-15(3)25-23/h5-13,29H,1H2,2-4H3. The molecule has 0 fully saturated rings. The van der Waals surface area contributed by atoms with E-state index in [9.17, 15) is 0 Å². The minimum absolute atomic E-state index is 0.460. The Bertz CT molecular complexity index is 1270. The van der Waals surface area contributed by atoms with Gasteiger partial charge in [-0.3, -0.25) is 0 Å². The minimum atomic E-state index is 0.460. The van der Waals surface area contributed by atoms with Gasteiger partial charge in [-0.2, -0.15) is 5.10 Å². The third-order valence-electron chi connectivity index (χ3n) is 4.80. The first-order valence-electron chi connectivity index (χ1n) is 9.26. The summed E-state index contributed by atoms with van der Waals surface area (Å²) in [6.07, 6.45) is 1.85. The summed E-state index contributed by atoms with van der Waals surface area (Å²) in [4.78, 5) is 9.27. The first kappa shape index (κ1) is 18.6. The average molecular weight is 383 g/mol. The average Bonchev–Trinajstić information content (AvgIpc) is 3.16. The van der Waals surface area contributed by atoms with E-state index in [1.807, 2.05) is 61.1 Å². The SMILES string of the molecule is C=C(C)c1cc(-c2cccc(C(C)=NO)n2)cc2c1cnn2-c1cccc(C)n1. The van der Waals surface area contributed by atoms with Gasteiger partial charge >= 0.3 is 0 Å². The van der Waals surface area contributed by atoms with Gasteiger partial charge < -0.3 is 5.21 Å². The molecule has 0 spiro atoms. The Morgan fingerprint density at radius 1 is 1.07 bits per heavy atom. The lowest BCUT2D eigenvalue weighted by molar-refractivity contribution is 0.319. The quantitative estimate of drug-likeness (QED) is 0.305. The number of hydrogen-bond acceptors (Lipinski definition) is 5. The monoisotopic (exact) mass is 383 g/mol. The molecule has 0 aliphatic carbocycles. The van der Waals surface area contributed by atoms with Crippen molar-refractivity contribution in [2.75, 3.05) is 0 Å². The number of aromatic nitrogens is 4. The largest absolute Gasteiger partial charge is 0.411 e. The van der Waals surface area contributed by atoms with Crippen molar-refractivity contribution >= 4 is 22.2 Å². The van der Waals surface area contributed by atoms with E-state index in [1.165, 1.54) is 0 Å². The Labute approximate surface area is 168 Å². The highest BCUT2D eigenvalue weighted by atomic mass is 16.4. The number of aryl methyl sites for hydroxylation is 1. The molecule has 4 aromatic rings. The van der Waals surface area contributed by atoms with E-state index < -0.39 is 0 Å². The molecule has 6 nitrogen and oxygen atoms in total. The topological polar surface area (TPSA) is 76.2 Å². The second-order valence-electron chi connectivity index (χ2n) is 7.02. The molecule has 1 aromatic carbocycles. The first-order valence-corrected chi connectivity index (χ1v) is 9.26. The Hall–Kier alpha value is -3.80. The second-order valence-corrected chi connectivity index (χ2v) is 7.02. The molecule has 0 atom stereocenters. The predicted molar refractivity (Wildman–Crippen MR) is 116 cm³/mol. The number of oxime groups is 1. The summed E-state index contributed by atoms with van der Waals surface area (Å²) in [7, 11) is 0. The summed E-state index contributed by atoms with van der Waals surface area (Å²) in [6, 6.07) is 15.6. The normalized spacial score (nSPS) is 11.8. The van der Waals surface area contributed by atoms with Crippen LogP contribution < -0.4 is 0 Å². The van der Waals surface area contributed by atoms with E-state index >= 15 is 0 Å². The van der Waals surface area contributed by atoms with Gasteiger partial charge in [0.15, 0.2) is 5.82 Å². The lowest BCUT2D eigenvalue weighted by atomic mass is 9.99. The van der Waals surface area contributed by atoms with Crippen LogP contribution in [0.5, 0.6) is 0 Å². The Balaban J connectivity index is 1.97. The third kappa shape index (κ3) is 3.40. The van der Waals surface area contributed by atoms with Crippen LogP contribution >= 0.6 is 0 Å². The molecule has 0 bridgehead atoms. The molecular formula is C23H21N5O. The van der Waals surface area contributed by atoms with Gasteiger partial charge in [0.25, 0.3) is 0 Å². The van der Waals surface area contributed by atoms with Crippen molar-refractivity contribution < 1.29 is 5.21 Å². The number of pyridine rings is 2. The van der Waals surface area contributed by atoms with Gasteiger partial charge in [-0.15, -0.1) is 0 Å². The van der Waals surface area contributed by atoms with Crippen molar-refractivity contribution in [2.24, 2.45) is 5.16 Å². The van der Waals surface area contributed by atoms with Crippen LogP contribution in [-0.2, 0) is 0 Å². The zero-order valence-electron chi connectivity index (χ0n) is 16.6. The summed E-state index contributed by atoms with van der Waals surface area (Å²) in [5, 5.41) is 17.9. The maximum absolute atomic E-state index is 9.08. The molecule has 3 aromatic heterocycles. The number of benzene rings is 1. The molecule has 3 heterocycles. The van der Waals surface area contributed by atoms with Crippen molar-refractivity contribution in [1.29, 1.82) is 0 Å². The smallest absolute Gasteiger partial charge is 0.154 e. The molecule has 0 amide bonds. The zero-order chi connectivity index (χ0) is 20.5. The van der Waals surface area contributed by atoms with Crippen molar-refractivity contribution in [3.05, 3.63) is 78.3 Å². The highest BCUT2D eigenvalue weighted by Crippen LogP contribution is 2.31. The summed E-state index contributed by atoms with van der Waals surface area (Å²) in [5.74, 6) is 0.759. The van der Waals surface area contributed by atoms with Gasteiger partial charge in [0.05, 0.1) is 23.1 Å². The number of nitrogens with zero attached hydrogens (tertiary/aromatic N) is 5. The van der Waals surface area contributed by atoms with Crippen LogP contribution in [0.15, 0.2) is 66.5 Å². The van der Waals surface area contributed by atoms with E-state index in [2.05, 4.69) is 38.9 Å². The second kappa shape index (κ2) is 7.31. The van der Waals surface area contributed by atoms with Crippen LogP contribution in [0.3, 0.4) is 0 Å². The van der Waals surface area contributed by atoms with Crippen molar-refractivity contribution in [3.8, 4) is 17.1 Å². The predicted octanol–water partition coefficient (Wildman–Crippen LogP) is 5.02. The molecule has 144 valence electrons. The van der Waals surface area contributed by atoms with E-state index in [1.54, 1.807) is 6.92 Å². The number of fused-ring (bicyclic) bond motifs is 1. The molecule has 0 radical (unpaired) electrons. The third-order valence-corrected chi connectivity index (χ3v) is 4.80. The van der Waals surface area contributed by atoms with Gasteiger partial charge in [0.2, 0.25) is 0 Å². The van der Waals surface area contributed by atoms with Crippen molar-refractivity contribution in [3.63, 3.8) is 0 Å². The highest BCUT2D eigenvalue weighted by Gasteiger charge is 2.14. The Kier molecular flexibility index (Phi) is 4.68.